The molecule has 3 nitrogen and oxygen atoms in total. The second-order valence-electron chi connectivity index (χ2n) is 3.57. The molecule has 3 heterocycles. The van der Waals surface area contributed by atoms with Gasteiger partial charge in [0.1, 0.15) is 5.82 Å². The van der Waals surface area contributed by atoms with Crippen molar-refractivity contribution in [3.8, 4) is 0 Å². The maximum absolute atomic E-state index is 12.0. The Labute approximate surface area is 116 Å². The van der Waals surface area contributed by atoms with Gasteiger partial charge in [0.2, 0.25) is 0 Å². The lowest BCUT2D eigenvalue weighted by atomic mass is 10.4. The number of hydrogen-bond donors (Lipinski definition) is 1. The summed E-state index contributed by atoms with van der Waals surface area (Å²) in [7, 11) is 0. The molecule has 0 unspecified atom stereocenters. The number of thiophene rings is 2. The van der Waals surface area contributed by atoms with E-state index in [0.29, 0.717) is 15.7 Å². The summed E-state index contributed by atoms with van der Waals surface area (Å²) < 4.78 is 2.26. The Hall–Kier alpha value is -1.43. The van der Waals surface area contributed by atoms with Gasteiger partial charge >= 0.3 is 0 Å². The first-order chi connectivity index (χ1) is 8.72. The molecule has 1 amide bonds. The Bertz CT molecular complexity index is 691. The van der Waals surface area contributed by atoms with Crippen LogP contribution in [0.5, 0.6) is 0 Å². The van der Waals surface area contributed by atoms with E-state index in [1.54, 1.807) is 29.7 Å². The van der Waals surface area contributed by atoms with Gasteiger partial charge < -0.3 is 5.32 Å². The maximum atomic E-state index is 12.0. The van der Waals surface area contributed by atoms with Gasteiger partial charge in [-0.15, -0.1) is 22.7 Å². The summed E-state index contributed by atoms with van der Waals surface area (Å²) in [5.74, 6) is 0.308. The summed E-state index contributed by atoms with van der Waals surface area (Å²) in [6, 6.07) is 7.19. The summed E-state index contributed by atoms with van der Waals surface area (Å²) in [4.78, 5) is 16.7. The summed E-state index contributed by atoms with van der Waals surface area (Å²) >= 11 is 8.94. The minimum atomic E-state index is -0.154. The van der Waals surface area contributed by atoms with Gasteiger partial charge in [-0.2, -0.15) is 0 Å². The molecule has 0 aromatic carbocycles. The molecule has 0 bridgehead atoms. The zero-order chi connectivity index (χ0) is 12.5. The molecular weight excluding hydrogens is 288 g/mol. The quantitative estimate of drug-likeness (QED) is 0.767. The molecule has 3 rings (SSSR count). The second kappa shape index (κ2) is 4.68. The largest absolute Gasteiger partial charge is 0.306 e. The third-order valence-corrected chi connectivity index (χ3v) is 4.65. The van der Waals surface area contributed by atoms with Gasteiger partial charge in [-0.3, -0.25) is 4.79 Å². The fourth-order valence-corrected chi connectivity index (χ4v) is 3.69. The lowest BCUT2D eigenvalue weighted by Gasteiger charge is -2.02. The zero-order valence-electron chi connectivity index (χ0n) is 9.01. The number of carbonyl (C=O) groups excluding carboxylic acids is 1. The summed E-state index contributed by atoms with van der Waals surface area (Å²) in [6.07, 6.45) is 1.56. The Morgan fingerprint density at radius 1 is 1.28 bits per heavy atom. The molecule has 6 heteroatoms. The van der Waals surface area contributed by atoms with Crippen LogP contribution in [0.3, 0.4) is 0 Å². The predicted molar refractivity (Wildman–Crippen MR) is 76.9 cm³/mol. The molecular formula is C12H7ClN2OS2. The minimum Gasteiger partial charge on any atom is -0.306 e. The van der Waals surface area contributed by atoms with Gasteiger partial charge in [-0.1, -0.05) is 11.6 Å². The summed E-state index contributed by atoms with van der Waals surface area (Å²) in [5, 5.41) is 5.29. The second-order valence-corrected chi connectivity index (χ2v) is 6.04. The van der Waals surface area contributed by atoms with Crippen molar-refractivity contribution in [1.29, 1.82) is 0 Å². The van der Waals surface area contributed by atoms with Crippen LogP contribution < -0.4 is 5.32 Å². The molecule has 0 aliphatic heterocycles. The van der Waals surface area contributed by atoms with Crippen LogP contribution in [0.15, 0.2) is 35.8 Å². The Kier molecular flexibility index (Phi) is 3.03. The first-order valence-electron chi connectivity index (χ1n) is 5.12. The Balaban J connectivity index is 1.85. The number of anilines is 1. The first kappa shape index (κ1) is 11.6. The number of amides is 1. The van der Waals surface area contributed by atoms with E-state index in [1.807, 2.05) is 17.5 Å². The maximum Gasteiger partial charge on any atom is 0.266 e. The van der Waals surface area contributed by atoms with Crippen molar-refractivity contribution in [3.05, 3.63) is 45.7 Å². The molecule has 0 saturated carbocycles. The average Bonchev–Trinajstić information content (AvgIpc) is 2.88. The van der Waals surface area contributed by atoms with Gasteiger partial charge in [0.05, 0.1) is 4.88 Å². The molecule has 3 aromatic rings. The van der Waals surface area contributed by atoms with Crippen LogP contribution >= 0.6 is 34.3 Å². The molecule has 1 N–H and O–H groups in total. The van der Waals surface area contributed by atoms with Crippen LogP contribution in [-0.4, -0.2) is 10.9 Å². The fourth-order valence-electron chi connectivity index (χ4n) is 1.53. The lowest BCUT2D eigenvalue weighted by molar-refractivity contribution is 0.103. The highest BCUT2D eigenvalue weighted by Gasteiger charge is 2.11. The number of nitrogens with zero attached hydrogens (tertiary/aromatic N) is 1. The van der Waals surface area contributed by atoms with E-state index in [-0.39, 0.29) is 5.91 Å². The number of nitrogens with one attached hydrogen (secondary N) is 1. The predicted octanol–water partition coefficient (Wildman–Crippen LogP) is 4.26. The molecule has 0 aliphatic carbocycles. The van der Waals surface area contributed by atoms with Crippen LogP contribution in [0.1, 0.15) is 9.67 Å². The molecule has 0 saturated heterocycles. The van der Waals surface area contributed by atoms with E-state index in [0.717, 1.165) is 9.40 Å². The van der Waals surface area contributed by atoms with E-state index >= 15 is 0 Å². The van der Waals surface area contributed by atoms with Crippen molar-refractivity contribution in [3.63, 3.8) is 0 Å². The van der Waals surface area contributed by atoms with Crippen molar-refractivity contribution >= 4 is 55.4 Å². The summed E-state index contributed by atoms with van der Waals surface area (Å²) in [5.41, 5.74) is 0. The van der Waals surface area contributed by atoms with E-state index in [4.69, 9.17) is 11.6 Å². The summed E-state index contributed by atoms with van der Waals surface area (Å²) in [6.45, 7) is 0. The van der Waals surface area contributed by atoms with Gasteiger partial charge in [0.25, 0.3) is 5.91 Å². The highest BCUT2D eigenvalue weighted by atomic mass is 35.5. The number of halogens is 1. The number of carbonyl (C=O) groups is 1. The van der Waals surface area contributed by atoms with Crippen molar-refractivity contribution in [2.24, 2.45) is 0 Å². The number of fused-ring (bicyclic) bond motifs is 1. The minimum absolute atomic E-state index is 0.154. The van der Waals surface area contributed by atoms with Gasteiger partial charge in [-0.25, -0.2) is 4.98 Å². The van der Waals surface area contributed by atoms with E-state index in [2.05, 4.69) is 10.3 Å². The first-order valence-corrected chi connectivity index (χ1v) is 7.20. The molecule has 0 radical (unpaired) electrons. The van der Waals surface area contributed by atoms with Crippen molar-refractivity contribution < 1.29 is 4.79 Å². The number of aromatic nitrogens is 1. The number of hydrogen-bond acceptors (Lipinski definition) is 4. The topological polar surface area (TPSA) is 42.0 Å². The fraction of sp³-hybridized carbons (Fsp3) is 0. The molecule has 90 valence electrons. The van der Waals surface area contributed by atoms with Crippen LogP contribution in [0.4, 0.5) is 5.82 Å². The molecule has 0 spiro atoms. The molecule has 0 atom stereocenters. The van der Waals surface area contributed by atoms with Crippen LogP contribution in [0.2, 0.25) is 5.02 Å². The average molecular weight is 295 g/mol. The van der Waals surface area contributed by atoms with Crippen molar-refractivity contribution in [2.75, 3.05) is 5.32 Å². The SMILES string of the molecule is O=C(Nc1cc(Cl)ccn1)c1cc2sccc2s1. The monoisotopic (exact) mass is 294 g/mol. The Morgan fingerprint density at radius 2 is 2.17 bits per heavy atom. The van der Waals surface area contributed by atoms with Gasteiger partial charge in [0.15, 0.2) is 0 Å². The van der Waals surface area contributed by atoms with Gasteiger partial charge in [0, 0.05) is 20.6 Å². The third kappa shape index (κ3) is 2.25. The molecule has 3 aromatic heterocycles. The Morgan fingerprint density at radius 3 is 2.94 bits per heavy atom. The van der Waals surface area contributed by atoms with Gasteiger partial charge in [-0.05, 0) is 29.6 Å². The van der Waals surface area contributed by atoms with Crippen molar-refractivity contribution in [2.45, 2.75) is 0 Å². The lowest BCUT2D eigenvalue weighted by Crippen LogP contribution is -2.11. The van der Waals surface area contributed by atoms with Crippen molar-refractivity contribution in [1.82, 2.24) is 4.98 Å². The smallest absolute Gasteiger partial charge is 0.266 e. The number of pyridine rings is 1. The third-order valence-electron chi connectivity index (χ3n) is 2.33. The molecule has 0 aliphatic rings. The highest BCUT2D eigenvalue weighted by molar-refractivity contribution is 7.27. The zero-order valence-corrected chi connectivity index (χ0v) is 11.4. The normalized spacial score (nSPS) is 10.7. The standard InChI is InChI=1S/C12H7ClN2OS2/c13-7-1-3-14-11(5-7)15-12(16)10-6-9-8(18-10)2-4-17-9/h1-6H,(H,14,15,16). The van der Waals surface area contributed by atoms with Crippen LogP contribution in [0, 0.1) is 0 Å². The highest BCUT2D eigenvalue weighted by Crippen LogP contribution is 2.30. The van der Waals surface area contributed by atoms with Crippen LogP contribution in [-0.2, 0) is 0 Å². The van der Waals surface area contributed by atoms with E-state index < -0.39 is 0 Å². The molecule has 0 fully saturated rings. The van der Waals surface area contributed by atoms with E-state index in [1.165, 1.54) is 11.3 Å². The van der Waals surface area contributed by atoms with E-state index in [9.17, 15) is 4.79 Å². The molecule has 18 heavy (non-hydrogen) atoms. The van der Waals surface area contributed by atoms with Crippen LogP contribution in [0.25, 0.3) is 9.40 Å². The number of rotatable bonds is 2.